The highest BCUT2D eigenvalue weighted by molar-refractivity contribution is 5.99. The fourth-order valence-electron chi connectivity index (χ4n) is 2.40. The van der Waals surface area contributed by atoms with Crippen LogP contribution in [0.3, 0.4) is 0 Å². The topological polar surface area (TPSA) is 59.4 Å². The maximum atomic E-state index is 11.0. The maximum absolute atomic E-state index is 11.0. The van der Waals surface area contributed by atoms with E-state index in [2.05, 4.69) is 4.98 Å². The number of aromatic nitrogens is 1. The van der Waals surface area contributed by atoms with E-state index in [-0.39, 0.29) is 5.75 Å². The fraction of sp³-hybridized carbons (Fsp3) is 0.0588. The van der Waals surface area contributed by atoms with Gasteiger partial charge in [0.1, 0.15) is 23.3 Å². The van der Waals surface area contributed by atoms with E-state index in [1.54, 1.807) is 49.7 Å². The van der Waals surface area contributed by atoms with Crippen molar-refractivity contribution < 1.29 is 14.6 Å². The first-order chi connectivity index (χ1) is 10.2. The Morgan fingerprint density at radius 3 is 2.76 bits per heavy atom. The molecule has 3 rings (SSSR count). The van der Waals surface area contributed by atoms with Crippen molar-refractivity contribution in [3.05, 3.63) is 54.2 Å². The number of aldehydes is 1. The summed E-state index contributed by atoms with van der Waals surface area (Å²) in [5.74, 6) is 0.788. The highest BCUT2D eigenvalue weighted by Crippen LogP contribution is 2.37. The van der Waals surface area contributed by atoms with Crippen LogP contribution in [0.1, 0.15) is 10.4 Å². The molecule has 3 aromatic rings. The maximum Gasteiger partial charge on any atom is 0.150 e. The first kappa shape index (κ1) is 13.1. The van der Waals surface area contributed by atoms with Crippen molar-refractivity contribution in [2.45, 2.75) is 0 Å². The lowest BCUT2D eigenvalue weighted by Gasteiger charge is -2.12. The molecule has 0 amide bonds. The summed E-state index contributed by atoms with van der Waals surface area (Å²) >= 11 is 0. The Morgan fingerprint density at radius 2 is 2.00 bits per heavy atom. The van der Waals surface area contributed by atoms with E-state index in [0.717, 1.165) is 22.8 Å². The molecule has 1 aromatic heterocycles. The van der Waals surface area contributed by atoms with Crippen LogP contribution in [0, 0.1) is 0 Å². The van der Waals surface area contributed by atoms with Crippen molar-refractivity contribution in [3.63, 3.8) is 0 Å². The van der Waals surface area contributed by atoms with E-state index in [0.29, 0.717) is 16.8 Å². The summed E-state index contributed by atoms with van der Waals surface area (Å²) in [7, 11) is 1.58. The third kappa shape index (κ3) is 2.21. The molecule has 0 bridgehead atoms. The predicted molar refractivity (Wildman–Crippen MR) is 80.8 cm³/mol. The molecule has 0 unspecified atom stereocenters. The SMILES string of the molecule is COc1ccc(C=O)cc1-c1ccc(O)c2ncccc12. The van der Waals surface area contributed by atoms with Gasteiger partial charge in [-0.05, 0) is 42.0 Å². The van der Waals surface area contributed by atoms with Gasteiger partial charge in [0.25, 0.3) is 0 Å². The summed E-state index contributed by atoms with van der Waals surface area (Å²) in [6, 6.07) is 12.3. The van der Waals surface area contributed by atoms with Crippen LogP contribution in [0.25, 0.3) is 22.0 Å². The van der Waals surface area contributed by atoms with Gasteiger partial charge in [-0.1, -0.05) is 6.07 Å². The molecule has 0 saturated carbocycles. The van der Waals surface area contributed by atoms with Crippen LogP contribution < -0.4 is 4.74 Å². The number of carbonyl (C=O) groups excluding carboxylic acids is 1. The van der Waals surface area contributed by atoms with Crippen LogP contribution >= 0.6 is 0 Å². The number of pyridine rings is 1. The van der Waals surface area contributed by atoms with Crippen LogP contribution in [0.15, 0.2) is 48.7 Å². The van der Waals surface area contributed by atoms with Gasteiger partial charge in [-0.25, -0.2) is 0 Å². The van der Waals surface area contributed by atoms with E-state index in [1.807, 2.05) is 6.07 Å². The smallest absolute Gasteiger partial charge is 0.150 e. The predicted octanol–water partition coefficient (Wildman–Crippen LogP) is 3.43. The second kappa shape index (κ2) is 5.25. The van der Waals surface area contributed by atoms with Crippen LogP contribution in [0.4, 0.5) is 0 Å². The van der Waals surface area contributed by atoms with Crippen molar-refractivity contribution in [2.75, 3.05) is 7.11 Å². The normalized spacial score (nSPS) is 10.5. The number of phenolic OH excluding ortho intramolecular Hbond substituents is 1. The van der Waals surface area contributed by atoms with Gasteiger partial charge in [-0.2, -0.15) is 0 Å². The number of hydrogen-bond donors (Lipinski definition) is 1. The van der Waals surface area contributed by atoms with Crippen molar-refractivity contribution in [1.29, 1.82) is 0 Å². The summed E-state index contributed by atoms with van der Waals surface area (Å²) in [5, 5.41) is 10.7. The third-order valence-electron chi connectivity index (χ3n) is 3.40. The second-order valence-corrected chi connectivity index (χ2v) is 4.61. The Balaban J connectivity index is 2.35. The minimum atomic E-state index is 0.125. The Morgan fingerprint density at radius 1 is 1.14 bits per heavy atom. The van der Waals surface area contributed by atoms with E-state index >= 15 is 0 Å². The Bertz CT molecular complexity index is 827. The second-order valence-electron chi connectivity index (χ2n) is 4.61. The molecule has 0 radical (unpaired) electrons. The highest BCUT2D eigenvalue weighted by Gasteiger charge is 2.12. The number of ether oxygens (including phenoxy) is 1. The fourth-order valence-corrected chi connectivity index (χ4v) is 2.40. The quantitative estimate of drug-likeness (QED) is 0.746. The molecule has 1 heterocycles. The summed E-state index contributed by atoms with van der Waals surface area (Å²) in [6.45, 7) is 0. The summed E-state index contributed by atoms with van der Waals surface area (Å²) < 4.78 is 5.38. The summed E-state index contributed by atoms with van der Waals surface area (Å²) in [4.78, 5) is 15.2. The molecule has 0 saturated heterocycles. The van der Waals surface area contributed by atoms with Gasteiger partial charge < -0.3 is 9.84 Å². The first-order valence-electron chi connectivity index (χ1n) is 6.45. The lowest BCUT2D eigenvalue weighted by molar-refractivity contribution is 0.112. The van der Waals surface area contributed by atoms with Gasteiger partial charge in [-0.15, -0.1) is 0 Å². The summed E-state index contributed by atoms with van der Waals surface area (Å²) in [5.41, 5.74) is 2.74. The Kier molecular flexibility index (Phi) is 3.28. The molecule has 0 aliphatic heterocycles. The third-order valence-corrected chi connectivity index (χ3v) is 3.40. The van der Waals surface area contributed by atoms with Crippen LogP contribution in [-0.2, 0) is 0 Å². The monoisotopic (exact) mass is 279 g/mol. The zero-order valence-electron chi connectivity index (χ0n) is 11.4. The number of nitrogens with zero attached hydrogens (tertiary/aromatic N) is 1. The molecule has 0 fully saturated rings. The zero-order valence-corrected chi connectivity index (χ0v) is 11.4. The molecular weight excluding hydrogens is 266 g/mol. The van der Waals surface area contributed by atoms with Crippen molar-refractivity contribution in [2.24, 2.45) is 0 Å². The number of phenols is 1. The minimum absolute atomic E-state index is 0.125. The molecule has 4 nitrogen and oxygen atoms in total. The average molecular weight is 279 g/mol. The molecule has 0 aliphatic carbocycles. The molecular formula is C17H13NO3. The molecule has 0 aliphatic rings. The van der Waals surface area contributed by atoms with Gasteiger partial charge in [0.05, 0.1) is 7.11 Å². The number of carbonyl (C=O) groups is 1. The van der Waals surface area contributed by atoms with Gasteiger partial charge in [0.2, 0.25) is 0 Å². The molecule has 1 N–H and O–H groups in total. The van der Waals surface area contributed by atoms with E-state index in [4.69, 9.17) is 4.74 Å². The standard InChI is InChI=1S/C17H13NO3/c1-21-16-7-4-11(10-19)9-14(16)12-5-6-15(20)17-13(12)3-2-8-18-17/h2-10,20H,1H3. The number of rotatable bonds is 3. The van der Waals surface area contributed by atoms with E-state index < -0.39 is 0 Å². The van der Waals surface area contributed by atoms with Crippen molar-refractivity contribution in [3.8, 4) is 22.6 Å². The number of methoxy groups -OCH3 is 1. The number of benzene rings is 2. The number of fused-ring (bicyclic) bond motifs is 1. The number of hydrogen-bond acceptors (Lipinski definition) is 4. The molecule has 104 valence electrons. The van der Waals surface area contributed by atoms with Crippen molar-refractivity contribution >= 4 is 17.2 Å². The molecule has 4 heteroatoms. The summed E-state index contributed by atoms with van der Waals surface area (Å²) in [6.07, 6.45) is 2.43. The first-order valence-corrected chi connectivity index (χ1v) is 6.45. The van der Waals surface area contributed by atoms with Gasteiger partial charge in [0, 0.05) is 22.7 Å². The average Bonchev–Trinajstić information content (AvgIpc) is 2.55. The van der Waals surface area contributed by atoms with Gasteiger partial charge in [-0.3, -0.25) is 9.78 Å². The minimum Gasteiger partial charge on any atom is -0.506 e. The molecule has 0 atom stereocenters. The lowest BCUT2D eigenvalue weighted by Crippen LogP contribution is -1.92. The molecule has 21 heavy (non-hydrogen) atoms. The van der Waals surface area contributed by atoms with Crippen LogP contribution in [-0.4, -0.2) is 23.5 Å². The zero-order chi connectivity index (χ0) is 14.8. The van der Waals surface area contributed by atoms with Gasteiger partial charge >= 0.3 is 0 Å². The number of aromatic hydroxyl groups is 1. The van der Waals surface area contributed by atoms with Crippen molar-refractivity contribution in [1.82, 2.24) is 4.98 Å². The van der Waals surface area contributed by atoms with E-state index in [1.165, 1.54) is 0 Å². The molecule has 0 spiro atoms. The molecule has 2 aromatic carbocycles. The lowest BCUT2D eigenvalue weighted by atomic mass is 9.98. The Hall–Kier alpha value is -2.88. The largest absolute Gasteiger partial charge is 0.506 e. The van der Waals surface area contributed by atoms with Crippen LogP contribution in [0.5, 0.6) is 11.5 Å². The van der Waals surface area contributed by atoms with Gasteiger partial charge in [0.15, 0.2) is 0 Å². The van der Waals surface area contributed by atoms with Crippen LogP contribution in [0.2, 0.25) is 0 Å². The highest BCUT2D eigenvalue weighted by atomic mass is 16.5. The Labute approximate surface area is 121 Å². The van der Waals surface area contributed by atoms with E-state index in [9.17, 15) is 9.90 Å².